The first-order valence-electron chi connectivity index (χ1n) is 7.24. The maximum Gasteiger partial charge on any atom is 0.272 e. The van der Waals surface area contributed by atoms with Crippen LogP contribution in [0.2, 0.25) is 0 Å². The van der Waals surface area contributed by atoms with Crippen LogP contribution in [0.3, 0.4) is 0 Å². The minimum Gasteiger partial charge on any atom is -0.327 e. The van der Waals surface area contributed by atoms with Crippen LogP contribution in [0.25, 0.3) is 11.3 Å². The number of pyridine rings is 1. The highest BCUT2D eigenvalue weighted by atomic mass is 19.1. The topological polar surface area (TPSA) is 61.9 Å². The van der Waals surface area contributed by atoms with Crippen molar-refractivity contribution in [3.63, 3.8) is 0 Å². The van der Waals surface area contributed by atoms with Gasteiger partial charge >= 0.3 is 0 Å². The summed E-state index contributed by atoms with van der Waals surface area (Å²) in [5.74, 6) is -0.424. The molecule has 1 amide bonds. The molecule has 1 aliphatic rings. The number of nitrogens with one attached hydrogen (secondary N) is 1. The molecular weight excluding hydrogens is 295 g/mol. The predicted octanol–water partition coefficient (Wildman–Crippen LogP) is 2.77. The first-order chi connectivity index (χ1) is 11.2. The van der Waals surface area contributed by atoms with Crippen LogP contribution in [0.1, 0.15) is 21.7 Å². The number of nitrogens with zero attached hydrogens (tertiary/aromatic N) is 3. The van der Waals surface area contributed by atoms with E-state index in [1.54, 1.807) is 29.3 Å². The molecule has 0 atom stereocenters. The van der Waals surface area contributed by atoms with Crippen molar-refractivity contribution >= 4 is 5.91 Å². The molecule has 0 bridgehead atoms. The molecule has 1 aromatic carbocycles. The number of hydrogen-bond acceptors (Lipinski definition) is 3. The number of fused-ring (bicyclic) bond motifs is 1. The van der Waals surface area contributed by atoms with Crippen molar-refractivity contribution in [2.75, 3.05) is 0 Å². The van der Waals surface area contributed by atoms with E-state index in [1.807, 2.05) is 12.1 Å². The second-order valence-corrected chi connectivity index (χ2v) is 5.44. The Morgan fingerprint density at radius 3 is 2.78 bits per heavy atom. The monoisotopic (exact) mass is 308 g/mol. The molecule has 0 spiro atoms. The van der Waals surface area contributed by atoms with Crippen LogP contribution >= 0.6 is 0 Å². The van der Waals surface area contributed by atoms with Crippen molar-refractivity contribution in [3.05, 3.63) is 71.4 Å². The van der Waals surface area contributed by atoms with Gasteiger partial charge in [0.2, 0.25) is 0 Å². The van der Waals surface area contributed by atoms with Gasteiger partial charge in [0.15, 0.2) is 0 Å². The van der Waals surface area contributed by atoms with Gasteiger partial charge in [0.1, 0.15) is 11.5 Å². The third kappa shape index (κ3) is 2.48. The Labute approximate surface area is 131 Å². The van der Waals surface area contributed by atoms with Crippen LogP contribution in [0, 0.1) is 5.82 Å². The standard InChI is InChI=1S/C17H13FN4O/c18-13-5-3-11(4-6-13)14-8-15(21-20-14)17(23)22-9-12-2-1-7-19-16(12)10-22/h1-8H,9-10H2,(H,20,21). The number of hydrogen-bond donors (Lipinski definition) is 1. The predicted molar refractivity (Wildman–Crippen MR) is 81.8 cm³/mol. The van der Waals surface area contributed by atoms with Gasteiger partial charge in [-0.05, 0) is 42.0 Å². The molecule has 23 heavy (non-hydrogen) atoms. The van der Waals surface area contributed by atoms with Crippen molar-refractivity contribution < 1.29 is 9.18 Å². The normalized spacial score (nSPS) is 13.2. The first kappa shape index (κ1) is 13.6. The van der Waals surface area contributed by atoms with Gasteiger partial charge in [-0.3, -0.25) is 14.9 Å². The number of carbonyl (C=O) groups is 1. The zero-order valence-corrected chi connectivity index (χ0v) is 12.2. The lowest BCUT2D eigenvalue weighted by molar-refractivity contribution is 0.0744. The van der Waals surface area contributed by atoms with E-state index < -0.39 is 0 Å². The summed E-state index contributed by atoms with van der Waals surface area (Å²) in [6.07, 6.45) is 1.73. The van der Waals surface area contributed by atoms with E-state index in [9.17, 15) is 9.18 Å². The van der Waals surface area contributed by atoms with E-state index >= 15 is 0 Å². The van der Waals surface area contributed by atoms with E-state index in [1.165, 1.54) is 12.1 Å². The number of H-pyrrole nitrogens is 1. The molecule has 0 aliphatic carbocycles. The number of aromatic amines is 1. The Balaban J connectivity index is 1.55. The first-order valence-corrected chi connectivity index (χ1v) is 7.24. The van der Waals surface area contributed by atoms with Gasteiger partial charge in [-0.2, -0.15) is 5.10 Å². The van der Waals surface area contributed by atoms with Crippen molar-refractivity contribution in [1.82, 2.24) is 20.1 Å². The van der Waals surface area contributed by atoms with Gasteiger partial charge in [0.05, 0.1) is 17.9 Å². The maximum absolute atomic E-state index is 13.0. The molecule has 0 saturated heterocycles. The minimum atomic E-state index is -0.303. The molecule has 3 aromatic rings. The van der Waals surface area contributed by atoms with Crippen LogP contribution in [0.4, 0.5) is 4.39 Å². The summed E-state index contributed by atoms with van der Waals surface area (Å²) in [7, 11) is 0. The number of aromatic nitrogens is 3. The number of amides is 1. The van der Waals surface area contributed by atoms with Gasteiger partial charge in [0.25, 0.3) is 5.91 Å². The Morgan fingerprint density at radius 1 is 1.17 bits per heavy atom. The van der Waals surface area contributed by atoms with Crippen LogP contribution < -0.4 is 0 Å². The third-order valence-electron chi connectivity index (χ3n) is 3.92. The van der Waals surface area contributed by atoms with E-state index in [4.69, 9.17) is 0 Å². The van der Waals surface area contributed by atoms with Crippen LogP contribution in [-0.4, -0.2) is 26.0 Å². The summed E-state index contributed by atoms with van der Waals surface area (Å²) in [6.45, 7) is 1.05. The number of carbonyl (C=O) groups excluding carboxylic acids is 1. The zero-order valence-electron chi connectivity index (χ0n) is 12.2. The highest BCUT2D eigenvalue weighted by Crippen LogP contribution is 2.23. The summed E-state index contributed by atoms with van der Waals surface area (Å²) in [5, 5.41) is 6.91. The molecule has 4 rings (SSSR count). The Kier molecular flexibility index (Phi) is 3.15. The summed E-state index contributed by atoms with van der Waals surface area (Å²) in [5.41, 5.74) is 3.78. The molecule has 5 nitrogen and oxygen atoms in total. The van der Waals surface area contributed by atoms with E-state index in [2.05, 4.69) is 15.2 Å². The highest BCUT2D eigenvalue weighted by molar-refractivity contribution is 5.93. The van der Waals surface area contributed by atoms with Gasteiger partial charge in [-0.15, -0.1) is 0 Å². The average Bonchev–Trinajstić information content (AvgIpc) is 3.22. The van der Waals surface area contributed by atoms with Crippen molar-refractivity contribution in [1.29, 1.82) is 0 Å². The Bertz CT molecular complexity index is 847. The summed E-state index contributed by atoms with van der Waals surface area (Å²) >= 11 is 0. The molecule has 1 aliphatic heterocycles. The molecule has 2 aromatic heterocycles. The Hall–Kier alpha value is -3.02. The SMILES string of the molecule is O=C(c1cc(-c2ccc(F)cc2)n[nH]1)N1Cc2cccnc2C1. The molecule has 0 saturated carbocycles. The number of benzene rings is 1. The van der Waals surface area contributed by atoms with Crippen molar-refractivity contribution in [2.24, 2.45) is 0 Å². The second-order valence-electron chi connectivity index (χ2n) is 5.44. The molecule has 0 unspecified atom stereocenters. The minimum absolute atomic E-state index is 0.121. The molecule has 114 valence electrons. The van der Waals surface area contributed by atoms with Crippen molar-refractivity contribution in [2.45, 2.75) is 13.1 Å². The summed E-state index contributed by atoms with van der Waals surface area (Å²) in [4.78, 5) is 18.6. The average molecular weight is 308 g/mol. The maximum atomic E-state index is 13.0. The van der Waals surface area contributed by atoms with Crippen LogP contribution in [0.5, 0.6) is 0 Å². The van der Waals surface area contributed by atoms with Gasteiger partial charge < -0.3 is 4.90 Å². The Morgan fingerprint density at radius 2 is 2.00 bits per heavy atom. The zero-order chi connectivity index (χ0) is 15.8. The van der Waals surface area contributed by atoms with Gasteiger partial charge in [0, 0.05) is 18.3 Å². The van der Waals surface area contributed by atoms with Gasteiger partial charge in [-0.1, -0.05) is 6.07 Å². The van der Waals surface area contributed by atoms with Crippen molar-refractivity contribution in [3.8, 4) is 11.3 Å². The quantitative estimate of drug-likeness (QED) is 0.792. The van der Waals surface area contributed by atoms with E-state index in [0.717, 1.165) is 16.8 Å². The fourth-order valence-corrected chi connectivity index (χ4v) is 2.71. The lowest BCUT2D eigenvalue weighted by Crippen LogP contribution is -2.25. The smallest absolute Gasteiger partial charge is 0.272 e. The fourth-order valence-electron chi connectivity index (χ4n) is 2.71. The molecule has 1 N–H and O–H groups in total. The molecule has 6 heteroatoms. The van der Waals surface area contributed by atoms with Crippen LogP contribution in [0.15, 0.2) is 48.7 Å². The fraction of sp³-hybridized carbons (Fsp3) is 0.118. The van der Waals surface area contributed by atoms with E-state index in [0.29, 0.717) is 24.5 Å². The third-order valence-corrected chi connectivity index (χ3v) is 3.92. The lowest BCUT2D eigenvalue weighted by atomic mass is 10.1. The molecular formula is C17H13FN4O. The molecule has 3 heterocycles. The van der Waals surface area contributed by atoms with E-state index in [-0.39, 0.29) is 11.7 Å². The lowest BCUT2D eigenvalue weighted by Gasteiger charge is -2.13. The summed E-state index contributed by atoms with van der Waals surface area (Å²) in [6, 6.07) is 11.5. The van der Waals surface area contributed by atoms with Crippen LogP contribution in [-0.2, 0) is 13.1 Å². The summed E-state index contributed by atoms with van der Waals surface area (Å²) < 4.78 is 13.0. The number of halogens is 1. The largest absolute Gasteiger partial charge is 0.327 e. The molecule has 0 radical (unpaired) electrons. The second kappa shape index (κ2) is 5.31. The molecule has 0 fully saturated rings. The number of rotatable bonds is 2. The van der Waals surface area contributed by atoms with Gasteiger partial charge in [-0.25, -0.2) is 4.39 Å². The highest BCUT2D eigenvalue weighted by Gasteiger charge is 2.26.